The number of hydrogen-bond acceptors (Lipinski definition) is 5. The van der Waals surface area contributed by atoms with Gasteiger partial charge in [0.2, 0.25) is 6.79 Å². The van der Waals surface area contributed by atoms with Crippen LogP contribution in [0.3, 0.4) is 0 Å². The first-order valence-electron chi connectivity index (χ1n) is 4.78. The molecule has 84 valence electrons. The number of allylic oxidation sites excluding steroid dienone is 1. The lowest BCUT2D eigenvalue weighted by Crippen LogP contribution is -1.93. The number of fused-ring (bicyclic) bond motifs is 1. The minimum atomic E-state index is -0.0774. The highest BCUT2D eigenvalue weighted by atomic mass is 16.7. The maximum Gasteiger partial charge on any atom is 0.231 e. The summed E-state index contributed by atoms with van der Waals surface area (Å²) in [6.45, 7) is 0.175. The Labute approximate surface area is 98.1 Å². The number of benzene rings is 1. The third-order valence-corrected chi connectivity index (χ3v) is 2.29. The first-order chi connectivity index (χ1) is 8.30. The van der Waals surface area contributed by atoms with Crippen molar-refractivity contribution in [1.82, 2.24) is 0 Å². The van der Waals surface area contributed by atoms with E-state index in [1.807, 2.05) is 0 Å². The van der Waals surface area contributed by atoms with E-state index in [0.717, 1.165) is 0 Å². The summed E-state index contributed by atoms with van der Waals surface area (Å²) in [6.07, 6.45) is 0. The zero-order valence-corrected chi connectivity index (χ0v) is 9.06. The fraction of sp³-hybridized carbons (Fsp3) is 0.167. The van der Waals surface area contributed by atoms with E-state index >= 15 is 0 Å². The molecule has 0 bridgehead atoms. The van der Waals surface area contributed by atoms with E-state index in [0.29, 0.717) is 17.1 Å². The van der Waals surface area contributed by atoms with E-state index in [2.05, 4.69) is 0 Å². The van der Waals surface area contributed by atoms with Crippen LogP contribution in [0.4, 0.5) is 0 Å². The highest BCUT2D eigenvalue weighted by Gasteiger charge is 2.17. The third-order valence-electron chi connectivity index (χ3n) is 2.29. The number of nitrogens with zero attached hydrogens (tertiary/aromatic N) is 2. The Bertz CT molecular complexity index is 548. The maximum absolute atomic E-state index is 8.82. The second-order valence-corrected chi connectivity index (χ2v) is 3.20. The predicted octanol–water partition coefficient (Wildman–Crippen LogP) is 1.82. The smallest absolute Gasteiger partial charge is 0.231 e. The van der Waals surface area contributed by atoms with Crippen LogP contribution in [0.2, 0.25) is 0 Å². The minimum absolute atomic E-state index is 0.0774. The molecular weight excluding hydrogens is 220 g/mol. The van der Waals surface area contributed by atoms with E-state index in [4.69, 9.17) is 24.7 Å². The Morgan fingerprint density at radius 2 is 1.94 bits per heavy atom. The molecule has 1 aromatic rings. The van der Waals surface area contributed by atoms with Gasteiger partial charge in [0.25, 0.3) is 0 Å². The van der Waals surface area contributed by atoms with Crippen LogP contribution in [-0.4, -0.2) is 13.9 Å². The van der Waals surface area contributed by atoms with Crippen molar-refractivity contribution in [2.45, 2.75) is 0 Å². The molecule has 0 radical (unpaired) electrons. The number of ether oxygens (including phenoxy) is 3. The number of hydrogen-bond donors (Lipinski definition) is 0. The summed E-state index contributed by atoms with van der Waals surface area (Å²) in [4.78, 5) is 0. The fourth-order valence-electron chi connectivity index (χ4n) is 1.53. The van der Waals surface area contributed by atoms with Gasteiger partial charge < -0.3 is 14.2 Å². The first-order valence-corrected chi connectivity index (χ1v) is 4.78. The van der Waals surface area contributed by atoms with E-state index in [9.17, 15) is 0 Å². The molecule has 1 aromatic carbocycles. The molecule has 0 aromatic heterocycles. The molecule has 0 saturated carbocycles. The van der Waals surface area contributed by atoms with Crippen molar-refractivity contribution in [2.24, 2.45) is 0 Å². The molecule has 1 aliphatic rings. The van der Waals surface area contributed by atoms with Crippen LogP contribution < -0.4 is 9.47 Å². The van der Waals surface area contributed by atoms with Crippen molar-refractivity contribution < 1.29 is 14.2 Å². The molecule has 0 aliphatic carbocycles. The minimum Gasteiger partial charge on any atom is -0.494 e. The zero-order chi connectivity index (χ0) is 12.3. The van der Waals surface area contributed by atoms with Crippen LogP contribution in [-0.2, 0) is 4.74 Å². The van der Waals surface area contributed by atoms with Gasteiger partial charge in [0.15, 0.2) is 22.8 Å². The largest absolute Gasteiger partial charge is 0.494 e. The maximum atomic E-state index is 8.82. The van der Waals surface area contributed by atoms with Gasteiger partial charge in [0.05, 0.1) is 7.11 Å². The van der Waals surface area contributed by atoms with Crippen LogP contribution in [0.1, 0.15) is 5.56 Å². The van der Waals surface area contributed by atoms with Gasteiger partial charge in [-0.2, -0.15) is 10.5 Å². The topological polar surface area (TPSA) is 75.3 Å². The summed E-state index contributed by atoms with van der Waals surface area (Å²) in [5.41, 5.74) is 0.529. The summed E-state index contributed by atoms with van der Waals surface area (Å²) in [6, 6.07) is 8.68. The van der Waals surface area contributed by atoms with Crippen LogP contribution in [0.15, 0.2) is 23.8 Å². The first kappa shape index (κ1) is 10.8. The number of methoxy groups -OCH3 is 1. The normalized spacial score (nSPS) is 11.2. The summed E-state index contributed by atoms with van der Waals surface area (Å²) in [5.74, 6) is 1.44. The van der Waals surface area contributed by atoms with Crippen LogP contribution >= 0.6 is 0 Å². The van der Waals surface area contributed by atoms with Crippen molar-refractivity contribution in [1.29, 1.82) is 10.5 Å². The van der Waals surface area contributed by atoms with Crippen molar-refractivity contribution in [3.8, 4) is 23.6 Å². The van der Waals surface area contributed by atoms with Crippen LogP contribution in [0.5, 0.6) is 11.5 Å². The Hall–Kier alpha value is -2.66. The lowest BCUT2D eigenvalue weighted by Gasteiger charge is -2.06. The van der Waals surface area contributed by atoms with Gasteiger partial charge in [-0.1, -0.05) is 0 Å². The molecule has 5 heteroatoms. The SMILES string of the molecule is COC(=C(C#N)C#N)c1ccc2c(c1)OCO2. The van der Waals surface area contributed by atoms with Gasteiger partial charge in [-0.25, -0.2) is 0 Å². The van der Waals surface area contributed by atoms with E-state index in [-0.39, 0.29) is 18.1 Å². The highest BCUT2D eigenvalue weighted by Crippen LogP contribution is 2.35. The van der Waals surface area contributed by atoms with Crippen molar-refractivity contribution in [3.63, 3.8) is 0 Å². The average Bonchev–Trinajstić information content (AvgIpc) is 2.82. The molecule has 0 unspecified atom stereocenters. The van der Waals surface area contributed by atoms with Gasteiger partial charge in [0, 0.05) is 5.56 Å². The molecule has 2 rings (SSSR count). The molecular formula is C12H8N2O3. The summed E-state index contributed by atoms with van der Waals surface area (Å²) < 4.78 is 15.5. The fourth-order valence-corrected chi connectivity index (χ4v) is 1.53. The Kier molecular flexibility index (Phi) is 2.85. The van der Waals surface area contributed by atoms with Crippen molar-refractivity contribution in [3.05, 3.63) is 29.3 Å². The second-order valence-electron chi connectivity index (χ2n) is 3.20. The highest BCUT2D eigenvalue weighted by molar-refractivity contribution is 5.72. The van der Waals surface area contributed by atoms with Crippen molar-refractivity contribution >= 4 is 5.76 Å². The Morgan fingerprint density at radius 3 is 2.59 bits per heavy atom. The van der Waals surface area contributed by atoms with Gasteiger partial charge in [-0.05, 0) is 18.2 Å². The molecule has 5 nitrogen and oxygen atoms in total. The van der Waals surface area contributed by atoms with Gasteiger partial charge in [0.1, 0.15) is 12.1 Å². The third kappa shape index (κ3) is 1.86. The van der Waals surface area contributed by atoms with E-state index in [1.165, 1.54) is 7.11 Å². The molecule has 1 heterocycles. The standard InChI is InChI=1S/C12H8N2O3/c1-15-12(9(5-13)6-14)8-2-3-10-11(4-8)17-7-16-10/h2-4H,7H2,1H3. The number of nitriles is 2. The van der Waals surface area contributed by atoms with Gasteiger partial charge >= 0.3 is 0 Å². The molecule has 0 atom stereocenters. The molecule has 1 aliphatic heterocycles. The van der Waals surface area contributed by atoms with Gasteiger partial charge in [-0.15, -0.1) is 0 Å². The average molecular weight is 228 g/mol. The molecule has 0 amide bonds. The number of rotatable bonds is 2. The quantitative estimate of drug-likeness (QED) is 0.570. The summed E-state index contributed by atoms with van der Waals surface area (Å²) in [7, 11) is 1.41. The Morgan fingerprint density at radius 1 is 1.24 bits per heavy atom. The molecule has 0 spiro atoms. The summed E-state index contributed by atoms with van der Waals surface area (Å²) in [5, 5.41) is 17.6. The molecule has 0 N–H and O–H groups in total. The van der Waals surface area contributed by atoms with Crippen molar-refractivity contribution in [2.75, 3.05) is 13.9 Å². The van der Waals surface area contributed by atoms with Gasteiger partial charge in [-0.3, -0.25) is 0 Å². The zero-order valence-electron chi connectivity index (χ0n) is 9.06. The second kappa shape index (κ2) is 4.46. The molecule has 0 fully saturated rings. The van der Waals surface area contributed by atoms with E-state index < -0.39 is 0 Å². The predicted molar refractivity (Wildman–Crippen MR) is 57.7 cm³/mol. The van der Waals surface area contributed by atoms with Crippen LogP contribution in [0, 0.1) is 22.7 Å². The summed E-state index contributed by atoms with van der Waals surface area (Å²) >= 11 is 0. The lowest BCUT2D eigenvalue weighted by atomic mass is 10.1. The van der Waals surface area contributed by atoms with Crippen LogP contribution in [0.25, 0.3) is 5.76 Å². The van der Waals surface area contributed by atoms with E-state index in [1.54, 1.807) is 30.3 Å². The monoisotopic (exact) mass is 228 g/mol. The lowest BCUT2D eigenvalue weighted by molar-refractivity contribution is 0.174. The Balaban J connectivity index is 2.51. The molecule has 0 saturated heterocycles. The molecule has 17 heavy (non-hydrogen) atoms.